The predicted octanol–water partition coefficient (Wildman–Crippen LogP) is 3.33. The summed E-state index contributed by atoms with van der Waals surface area (Å²) in [5, 5.41) is 20.6. The van der Waals surface area contributed by atoms with Crippen molar-refractivity contribution in [3.8, 4) is 0 Å². The van der Waals surface area contributed by atoms with E-state index in [-0.39, 0.29) is 16.8 Å². The van der Waals surface area contributed by atoms with E-state index in [0.717, 1.165) is 6.42 Å². The Morgan fingerprint density at radius 3 is 2.48 bits per heavy atom. The number of benzene rings is 1. The number of carboxylic acids is 1. The van der Waals surface area contributed by atoms with Gasteiger partial charge in [0.2, 0.25) is 0 Å². The highest BCUT2D eigenvalue weighted by atomic mass is 35.5. The number of aromatic carboxylic acids is 1. The molecule has 0 unspecified atom stereocenters. The van der Waals surface area contributed by atoms with Crippen LogP contribution in [0.2, 0.25) is 5.15 Å². The Morgan fingerprint density at radius 2 is 1.76 bits per heavy atom. The van der Waals surface area contributed by atoms with Crippen LogP contribution in [0.3, 0.4) is 0 Å². The Labute approximate surface area is 193 Å². The van der Waals surface area contributed by atoms with Crippen LogP contribution in [0.25, 0.3) is 0 Å². The summed E-state index contributed by atoms with van der Waals surface area (Å²) >= 11 is 5.81. The third kappa shape index (κ3) is 5.17. The lowest BCUT2D eigenvalue weighted by Crippen LogP contribution is -2.32. The topological polar surface area (TPSA) is 112 Å². The number of pyridine rings is 1. The molecule has 11 heteroatoms. The number of nitrogens with zero attached hydrogens (tertiary/aromatic N) is 5. The predicted molar refractivity (Wildman–Crippen MR) is 122 cm³/mol. The lowest BCUT2D eigenvalue weighted by molar-refractivity contribution is 0.0696. The van der Waals surface area contributed by atoms with Crippen molar-refractivity contribution in [3.63, 3.8) is 0 Å². The molecular formula is C22H20ClFN6O3. The first-order valence-electron chi connectivity index (χ1n) is 10.2. The molecule has 9 nitrogen and oxygen atoms in total. The molecule has 4 rings (SSSR count). The molecule has 1 fully saturated rings. The summed E-state index contributed by atoms with van der Waals surface area (Å²) in [7, 11) is 0. The summed E-state index contributed by atoms with van der Waals surface area (Å²) in [6.45, 7) is 2.40. The van der Waals surface area contributed by atoms with Gasteiger partial charge in [0.15, 0.2) is 11.0 Å². The molecule has 1 aliphatic heterocycles. The van der Waals surface area contributed by atoms with Crippen molar-refractivity contribution in [2.24, 2.45) is 0 Å². The highest BCUT2D eigenvalue weighted by Crippen LogP contribution is 2.24. The highest BCUT2D eigenvalue weighted by molar-refractivity contribution is 6.29. The number of carbonyl (C=O) groups is 2. The van der Waals surface area contributed by atoms with E-state index in [2.05, 4.69) is 20.5 Å². The summed E-state index contributed by atoms with van der Waals surface area (Å²) in [5.74, 6) is -1.54. The van der Waals surface area contributed by atoms with Crippen molar-refractivity contribution >= 4 is 40.8 Å². The lowest BCUT2D eigenvalue weighted by atomic mass is 10.2. The second-order valence-electron chi connectivity index (χ2n) is 7.38. The Hall–Kier alpha value is -3.79. The molecule has 170 valence electrons. The molecule has 2 N–H and O–H groups in total. The van der Waals surface area contributed by atoms with E-state index in [9.17, 15) is 19.1 Å². The number of carbonyl (C=O) groups excluding carboxylic acids is 1. The highest BCUT2D eigenvalue weighted by Gasteiger charge is 2.23. The number of hydrogen-bond donors (Lipinski definition) is 2. The van der Waals surface area contributed by atoms with Crippen molar-refractivity contribution < 1.29 is 19.1 Å². The van der Waals surface area contributed by atoms with Gasteiger partial charge in [-0.1, -0.05) is 23.7 Å². The van der Waals surface area contributed by atoms with Gasteiger partial charge in [-0.05, 0) is 36.8 Å². The van der Waals surface area contributed by atoms with E-state index in [1.54, 1.807) is 18.2 Å². The molecule has 0 saturated carbocycles. The molecule has 0 atom stereocenters. The first-order chi connectivity index (χ1) is 15.9. The van der Waals surface area contributed by atoms with Crippen LogP contribution in [0.1, 0.15) is 27.1 Å². The average molecular weight is 471 g/mol. The van der Waals surface area contributed by atoms with Gasteiger partial charge < -0.3 is 20.2 Å². The fraction of sp³-hybridized carbons (Fsp3) is 0.227. The van der Waals surface area contributed by atoms with E-state index in [0.29, 0.717) is 43.0 Å². The molecule has 0 aliphatic carbocycles. The van der Waals surface area contributed by atoms with Gasteiger partial charge in [0.1, 0.15) is 17.2 Å². The molecule has 0 bridgehead atoms. The maximum Gasteiger partial charge on any atom is 0.339 e. The Bertz CT molecular complexity index is 1180. The van der Waals surface area contributed by atoms with Crippen molar-refractivity contribution in [2.45, 2.75) is 6.42 Å². The molecule has 0 radical (unpaired) electrons. The summed E-state index contributed by atoms with van der Waals surface area (Å²) in [6.07, 6.45) is 2.12. The second-order valence-corrected chi connectivity index (χ2v) is 7.76. The normalized spacial score (nSPS) is 14.0. The molecule has 1 saturated heterocycles. The smallest absolute Gasteiger partial charge is 0.339 e. The number of nitrogens with one attached hydrogen (secondary N) is 1. The van der Waals surface area contributed by atoms with Gasteiger partial charge in [0, 0.05) is 26.2 Å². The zero-order chi connectivity index (χ0) is 23.4. The third-order valence-electron chi connectivity index (χ3n) is 5.21. The maximum atomic E-state index is 13.9. The van der Waals surface area contributed by atoms with Crippen LogP contribution in [0, 0.1) is 5.82 Å². The SMILES string of the molecule is O=C(Nc1cnc(N2CCCN(c3ccc(Cl)nn3)CC2)c(C(=O)O)c1)c1ccccc1F. The van der Waals surface area contributed by atoms with E-state index < -0.39 is 17.7 Å². The van der Waals surface area contributed by atoms with Crippen LogP contribution >= 0.6 is 11.6 Å². The monoisotopic (exact) mass is 470 g/mol. The fourth-order valence-electron chi connectivity index (χ4n) is 3.62. The van der Waals surface area contributed by atoms with Gasteiger partial charge in [0.25, 0.3) is 5.91 Å². The number of anilines is 3. The van der Waals surface area contributed by atoms with E-state index in [4.69, 9.17) is 11.6 Å². The van der Waals surface area contributed by atoms with Crippen molar-refractivity contribution in [1.82, 2.24) is 15.2 Å². The molecule has 1 amide bonds. The number of rotatable bonds is 5. The molecule has 1 aromatic carbocycles. The lowest BCUT2D eigenvalue weighted by Gasteiger charge is -2.24. The minimum absolute atomic E-state index is 0.0546. The molecule has 3 heterocycles. The number of carboxylic acid groups (broad SMARTS) is 1. The summed E-state index contributed by atoms with van der Waals surface area (Å²) in [5.41, 5.74) is -0.0327. The minimum atomic E-state index is -1.18. The van der Waals surface area contributed by atoms with Crippen LogP contribution in [-0.4, -0.2) is 58.3 Å². The van der Waals surface area contributed by atoms with Crippen LogP contribution in [-0.2, 0) is 0 Å². The Balaban J connectivity index is 1.52. The van der Waals surface area contributed by atoms with Gasteiger partial charge >= 0.3 is 5.97 Å². The largest absolute Gasteiger partial charge is 0.478 e. The molecule has 33 heavy (non-hydrogen) atoms. The zero-order valence-electron chi connectivity index (χ0n) is 17.4. The maximum absolute atomic E-state index is 13.9. The molecular weight excluding hydrogens is 451 g/mol. The van der Waals surface area contributed by atoms with Crippen LogP contribution < -0.4 is 15.1 Å². The van der Waals surface area contributed by atoms with Gasteiger partial charge in [-0.15, -0.1) is 10.2 Å². The first kappa shape index (κ1) is 22.4. The van der Waals surface area contributed by atoms with Gasteiger partial charge in [-0.2, -0.15) is 0 Å². The standard InChI is InChI=1S/C22H20ClFN6O3/c23-18-6-7-19(28-27-18)29-8-3-9-30(11-10-29)20-16(22(32)33)12-14(13-25-20)26-21(31)15-4-1-2-5-17(15)24/h1-2,4-7,12-13H,3,8-11H2,(H,26,31)(H,32,33). The minimum Gasteiger partial charge on any atom is -0.478 e. The number of hydrogen-bond acceptors (Lipinski definition) is 7. The van der Waals surface area contributed by atoms with Crippen LogP contribution in [0.5, 0.6) is 0 Å². The van der Waals surface area contributed by atoms with E-state index >= 15 is 0 Å². The number of amides is 1. The molecule has 3 aromatic rings. The second kappa shape index (κ2) is 9.78. The van der Waals surface area contributed by atoms with E-state index in [1.165, 1.54) is 30.5 Å². The Morgan fingerprint density at radius 1 is 1.00 bits per heavy atom. The van der Waals surface area contributed by atoms with E-state index in [1.807, 2.05) is 9.80 Å². The Kier molecular flexibility index (Phi) is 6.64. The summed E-state index contributed by atoms with van der Waals surface area (Å²) < 4.78 is 13.9. The summed E-state index contributed by atoms with van der Waals surface area (Å²) in [4.78, 5) is 32.6. The summed E-state index contributed by atoms with van der Waals surface area (Å²) in [6, 6.07) is 10.3. The average Bonchev–Trinajstić information content (AvgIpc) is 3.06. The van der Waals surface area contributed by atoms with Crippen LogP contribution in [0.15, 0.2) is 48.7 Å². The number of halogens is 2. The molecule has 0 spiro atoms. The van der Waals surface area contributed by atoms with Crippen molar-refractivity contribution in [3.05, 3.63) is 70.8 Å². The van der Waals surface area contributed by atoms with Gasteiger partial charge in [-0.3, -0.25) is 4.79 Å². The molecule has 2 aromatic heterocycles. The quantitative estimate of drug-likeness (QED) is 0.584. The zero-order valence-corrected chi connectivity index (χ0v) is 18.2. The van der Waals surface area contributed by atoms with Crippen LogP contribution in [0.4, 0.5) is 21.7 Å². The van der Waals surface area contributed by atoms with Gasteiger partial charge in [0.05, 0.1) is 17.4 Å². The third-order valence-corrected chi connectivity index (χ3v) is 5.41. The van der Waals surface area contributed by atoms with Crippen molar-refractivity contribution in [1.29, 1.82) is 0 Å². The number of aromatic nitrogens is 3. The van der Waals surface area contributed by atoms with Gasteiger partial charge in [-0.25, -0.2) is 14.2 Å². The first-order valence-corrected chi connectivity index (χ1v) is 10.6. The fourth-order valence-corrected chi connectivity index (χ4v) is 3.72. The van der Waals surface area contributed by atoms with Crippen molar-refractivity contribution in [2.75, 3.05) is 41.3 Å². The molecule has 1 aliphatic rings.